The van der Waals surface area contributed by atoms with E-state index in [4.69, 9.17) is 14.2 Å². The summed E-state index contributed by atoms with van der Waals surface area (Å²) in [6, 6.07) is 6.07. The highest BCUT2D eigenvalue weighted by molar-refractivity contribution is 14.0. The van der Waals surface area contributed by atoms with Crippen molar-refractivity contribution in [1.29, 1.82) is 0 Å². The van der Waals surface area contributed by atoms with E-state index in [9.17, 15) is 0 Å². The molecule has 0 amide bonds. The van der Waals surface area contributed by atoms with Gasteiger partial charge in [0.15, 0.2) is 17.5 Å². The molecule has 0 spiro atoms. The van der Waals surface area contributed by atoms with Crippen LogP contribution in [0.15, 0.2) is 23.2 Å². The number of morpholine rings is 1. The zero-order valence-corrected chi connectivity index (χ0v) is 21.5. The number of halogens is 1. The first kappa shape index (κ1) is 26.0. The van der Waals surface area contributed by atoms with Crippen LogP contribution in [0.1, 0.15) is 38.2 Å². The van der Waals surface area contributed by atoms with Crippen molar-refractivity contribution in [3.63, 3.8) is 0 Å². The number of benzene rings is 1. The first-order chi connectivity index (χ1) is 14.7. The standard InChI is InChI=1S/C23H38N4O3.HI/c1-18(17-27-11-13-29-14-12-27)15-25-23(24-2)26-16-19-7-6-10-21(28-3)22(19)30-20-8-4-5-9-20;/h6-7,10,18,20H,4-5,8-9,11-17H2,1-3H3,(H2,24,25,26);1H. The van der Waals surface area contributed by atoms with Crippen LogP contribution in [0.5, 0.6) is 11.5 Å². The molecule has 1 saturated carbocycles. The SMILES string of the molecule is CN=C(NCc1cccc(OC)c1OC1CCCC1)NCC(C)CN1CCOCC1.I. The smallest absolute Gasteiger partial charge is 0.191 e. The van der Waals surface area contributed by atoms with Crippen molar-refractivity contribution >= 4 is 29.9 Å². The molecule has 1 atom stereocenters. The molecule has 0 aromatic heterocycles. The number of hydrogen-bond donors (Lipinski definition) is 2. The fourth-order valence-corrected chi connectivity index (χ4v) is 4.13. The highest BCUT2D eigenvalue weighted by Crippen LogP contribution is 2.34. The summed E-state index contributed by atoms with van der Waals surface area (Å²) in [6.45, 7) is 8.59. The summed E-state index contributed by atoms with van der Waals surface area (Å²) in [7, 11) is 3.51. The molecule has 0 radical (unpaired) electrons. The molecule has 0 bridgehead atoms. The lowest BCUT2D eigenvalue weighted by molar-refractivity contribution is 0.0320. The number of methoxy groups -OCH3 is 1. The van der Waals surface area contributed by atoms with Crippen LogP contribution in [0.2, 0.25) is 0 Å². The quantitative estimate of drug-likeness (QED) is 0.282. The number of guanidine groups is 1. The molecule has 8 heteroatoms. The Hall–Kier alpha value is -1.26. The third-order valence-corrected chi connectivity index (χ3v) is 5.83. The van der Waals surface area contributed by atoms with E-state index in [1.54, 1.807) is 7.11 Å². The minimum Gasteiger partial charge on any atom is -0.493 e. The normalized spacial score (nSPS) is 18.9. The number of nitrogens with one attached hydrogen (secondary N) is 2. The maximum Gasteiger partial charge on any atom is 0.191 e. The van der Waals surface area contributed by atoms with E-state index in [1.165, 1.54) is 12.8 Å². The average molecular weight is 546 g/mol. The van der Waals surface area contributed by atoms with Crippen molar-refractivity contribution in [2.45, 2.75) is 45.3 Å². The predicted octanol–water partition coefficient (Wildman–Crippen LogP) is 3.27. The van der Waals surface area contributed by atoms with Gasteiger partial charge < -0.3 is 24.8 Å². The maximum atomic E-state index is 6.34. The van der Waals surface area contributed by atoms with E-state index in [1.807, 2.05) is 19.2 Å². The van der Waals surface area contributed by atoms with Gasteiger partial charge in [0.05, 0.1) is 26.4 Å². The number of rotatable bonds is 9. The molecule has 1 saturated heterocycles. The van der Waals surface area contributed by atoms with Gasteiger partial charge in [-0.2, -0.15) is 0 Å². The van der Waals surface area contributed by atoms with Gasteiger partial charge in [-0.3, -0.25) is 9.89 Å². The largest absolute Gasteiger partial charge is 0.493 e. The van der Waals surface area contributed by atoms with Gasteiger partial charge in [0, 0.05) is 45.3 Å². The topological polar surface area (TPSA) is 67.4 Å². The van der Waals surface area contributed by atoms with Crippen LogP contribution in [0, 0.1) is 5.92 Å². The summed E-state index contributed by atoms with van der Waals surface area (Å²) < 4.78 is 17.3. The molecule has 1 unspecified atom stereocenters. The van der Waals surface area contributed by atoms with Crippen LogP contribution >= 0.6 is 24.0 Å². The zero-order chi connectivity index (χ0) is 21.2. The van der Waals surface area contributed by atoms with Gasteiger partial charge in [0.1, 0.15) is 0 Å². The van der Waals surface area contributed by atoms with Crippen molar-refractivity contribution in [3.05, 3.63) is 23.8 Å². The Kier molecular flexibility index (Phi) is 11.7. The van der Waals surface area contributed by atoms with Crippen LogP contribution in [0.4, 0.5) is 0 Å². The Labute approximate surface area is 204 Å². The molecule has 1 aliphatic heterocycles. The highest BCUT2D eigenvalue weighted by Gasteiger charge is 2.21. The molecule has 3 rings (SSSR count). The van der Waals surface area contributed by atoms with E-state index in [2.05, 4.69) is 33.5 Å². The monoisotopic (exact) mass is 546 g/mol. The molecule has 1 aliphatic carbocycles. The molecule has 2 N–H and O–H groups in total. The van der Waals surface area contributed by atoms with E-state index < -0.39 is 0 Å². The van der Waals surface area contributed by atoms with Crippen LogP contribution in [-0.4, -0.2) is 70.5 Å². The molecule has 2 fully saturated rings. The lowest BCUT2D eigenvalue weighted by Gasteiger charge is -2.29. The predicted molar refractivity (Wildman–Crippen MR) is 136 cm³/mol. The van der Waals surface area contributed by atoms with Crippen molar-refractivity contribution in [1.82, 2.24) is 15.5 Å². The first-order valence-corrected chi connectivity index (χ1v) is 11.3. The van der Waals surface area contributed by atoms with Crippen molar-refractivity contribution in [3.8, 4) is 11.5 Å². The fourth-order valence-electron chi connectivity index (χ4n) is 4.13. The van der Waals surface area contributed by atoms with Gasteiger partial charge in [-0.15, -0.1) is 24.0 Å². The van der Waals surface area contributed by atoms with Crippen LogP contribution in [0.25, 0.3) is 0 Å². The molecule has 7 nitrogen and oxygen atoms in total. The van der Waals surface area contributed by atoms with E-state index in [0.29, 0.717) is 18.6 Å². The molecular weight excluding hydrogens is 507 g/mol. The number of aliphatic imine (C=N–C) groups is 1. The van der Waals surface area contributed by atoms with E-state index in [-0.39, 0.29) is 24.0 Å². The number of hydrogen-bond acceptors (Lipinski definition) is 5. The third kappa shape index (κ3) is 8.31. The second kappa shape index (κ2) is 14.0. The van der Waals surface area contributed by atoms with Crippen LogP contribution in [-0.2, 0) is 11.3 Å². The zero-order valence-electron chi connectivity index (χ0n) is 19.2. The third-order valence-electron chi connectivity index (χ3n) is 5.83. The Bertz CT molecular complexity index is 677. The van der Waals surface area contributed by atoms with Crippen molar-refractivity contribution in [2.24, 2.45) is 10.9 Å². The minimum atomic E-state index is 0. The lowest BCUT2D eigenvalue weighted by atomic mass is 10.1. The van der Waals surface area contributed by atoms with Gasteiger partial charge in [-0.1, -0.05) is 19.1 Å². The summed E-state index contributed by atoms with van der Waals surface area (Å²) in [6.07, 6.45) is 5.02. The molecule has 1 heterocycles. The Morgan fingerprint density at radius 1 is 1.23 bits per heavy atom. The number of ether oxygens (including phenoxy) is 3. The van der Waals surface area contributed by atoms with Crippen molar-refractivity contribution in [2.75, 3.05) is 53.6 Å². The summed E-state index contributed by atoms with van der Waals surface area (Å²) >= 11 is 0. The molecule has 1 aromatic carbocycles. The Morgan fingerprint density at radius 3 is 2.65 bits per heavy atom. The summed E-state index contributed by atoms with van der Waals surface area (Å²) in [5.41, 5.74) is 1.09. The summed E-state index contributed by atoms with van der Waals surface area (Å²) in [4.78, 5) is 6.85. The maximum absolute atomic E-state index is 6.34. The first-order valence-electron chi connectivity index (χ1n) is 11.3. The fraction of sp³-hybridized carbons (Fsp3) is 0.696. The number of nitrogens with zero attached hydrogens (tertiary/aromatic N) is 2. The second-order valence-corrected chi connectivity index (χ2v) is 8.30. The molecule has 176 valence electrons. The van der Waals surface area contributed by atoms with Gasteiger partial charge >= 0.3 is 0 Å². The Balaban J connectivity index is 0.00000341. The van der Waals surface area contributed by atoms with Gasteiger partial charge in [-0.05, 0) is 37.7 Å². The highest BCUT2D eigenvalue weighted by atomic mass is 127. The molecule has 1 aromatic rings. The van der Waals surface area contributed by atoms with E-state index in [0.717, 1.165) is 75.3 Å². The minimum absolute atomic E-state index is 0. The van der Waals surface area contributed by atoms with Gasteiger partial charge in [0.25, 0.3) is 0 Å². The molecule has 31 heavy (non-hydrogen) atoms. The van der Waals surface area contributed by atoms with Gasteiger partial charge in [-0.25, -0.2) is 0 Å². The van der Waals surface area contributed by atoms with Crippen molar-refractivity contribution < 1.29 is 14.2 Å². The second-order valence-electron chi connectivity index (χ2n) is 8.30. The van der Waals surface area contributed by atoms with E-state index >= 15 is 0 Å². The average Bonchev–Trinajstić information content (AvgIpc) is 3.28. The summed E-state index contributed by atoms with van der Waals surface area (Å²) in [5, 5.41) is 6.89. The lowest BCUT2D eigenvalue weighted by Crippen LogP contribution is -2.43. The molecular formula is C23H39IN4O3. The molecule has 2 aliphatic rings. The van der Waals surface area contributed by atoms with Crippen LogP contribution in [0.3, 0.4) is 0 Å². The van der Waals surface area contributed by atoms with Gasteiger partial charge in [0.2, 0.25) is 0 Å². The van der Waals surface area contributed by atoms with Crippen LogP contribution < -0.4 is 20.1 Å². The Morgan fingerprint density at radius 2 is 1.97 bits per heavy atom. The summed E-state index contributed by atoms with van der Waals surface area (Å²) in [5.74, 6) is 2.98. The number of para-hydroxylation sites is 1.